The van der Waals surface area contributed by atoms with Crippen LogP contribution in [0.5, 0.6) is 0 Å². The van der Waals surface area contributed by atoms with E-state index < -0.39 is 17.7 Å². The summed E-state index contributed by atoms with van der Waals surface area (Å²) >= 11 is 5.81. The average Bonchev–Trinajstić information content (AvgIpc) is 3.11. The van der Waals surface area contributed by atoms with Gasteiger partial charge in [0.05, 0.1) is 5.69 Å². The van der Waals surface area contributed by atoms with Gasteiger partial charge in [0.15, 0.2) is 5.82 Å². The Morgan fingerprint density at radius 2 is 1.71 bits per heavy atom. The number of nitrogen functional groups attached to an aromatic ring is 1. The van der Waals surface area contributed by atoms with Gasteiger partial charge in [-0.25, -0.2) is 14.4 Å². The fourth-order valence-electron chi connectivity index (χ4n) is 2.67. The van der Waals surface area contributed by atoms with Crippen molar-refractivity contribution < 1.29 is 17.6 Å². The molecule has 142 valence electrons. The van der Waals surface area contributed by atoms with Crippen molar-refractivity contribution in [3.05, 3.63) is 53.1 Å². The van der Waals surface area contributed by atoms with Crippen molar-refractivity contribution in [3.8, 4) is 22.5 Å². The molecule has 0 aliphatic carbocycles. The molecular weight excluding hydrogens is 402 g/mol. The summed E-state index contributed by atoms with van der Waals surface area (Å²) in [7, 11) is 0. The lowest BCUT2D eigenvalue weighted by atomic mass is 10.0. The Kier molecular flexibility index (Phi) is 4.11. The van der Waals surface area contributed by atoms with Gasteiger partial charge in [-0.2, -0.15) is 17.7 Å². The van der Waals surface area contributed by atoms with Gasteiger partial charge in [-0.3, -0.25) is 0 Å². The zero-order chi connectivity index (χ0) is 20.1. The molecule has 0 bridgehead atoms. The molecule has 0 fully saturated rings. The highest BCUT2D eigenvalue weighted by Crippen LogP contribution is 2.36. The van der Waals surface area contributed by atoms with Crippen LogP contribution in [-0.2, 0) is 6.18 Å². The minimum atomic E-state index is -4.73. The van der Waals surface area contributed by atoms with E-state index in [0.717, 1.165) is 10.6 Å². The lowest BCUT2D eigenvalue weighted by molar-refractivity contribution is -0.141. The van der Waals surface area contributed by atoms with Crippen molar-refractivity contribution >= 4 is 23.1 Å². The molecule has 4 rings (SSSR count). The Morgan fingerprint density at radius 1 is 1.00 bits per heavy atom. The van der Waals surface area contributed by atoms with E-state index in [0.29, 0.717) is 5.56 Å². The predicted molar refractivity (Wildman–Crippen MR) is 91.6 cm³/mol. The lowest BCUT2D eigenvalue weighted by Crippen LogP contribution is -2.10. The first-order valence-corrected chi connectivity index (χ1v) is 8.00. The van der Waals surface area contributed by atoms with Gasteiger partial charge in [0, 0.05) is 11.1 Å². The fourth-order valence-corrected chi connectivity index (χ4v) is 2.88. The first-order valence-electron chi connectivity index (χ1n) is 7.62. The second kappa shape index (κ2) is 6.37. The maximum atomic E-state index is 13.3. The molecule has 0 amide bonds. The summed E-state index contributed by atoms with van der Waals surface area (Å²) in [6.07, 6.45) is -4.73. The molecule has 3 heterocycles. The number of alkyl halides is 3. The maximum absolute atomic E-state index is 13.3. The molecule has 0 radical (unpaired) electrons. The van der Waals surface area contributed by atoms with E-state index in [4.69, 9.17) is 17.3 Å². The van der Waals surface area contributed by atoms with Crippen molar-refractivity contribution in [1.82, 2.24) is 30.0 Å². The molecule has 0 saturated carbocycles. The maximum Gasteiger partial charge on any atom is 0.433 e. The number of fused-ring (bicyclic) bond motifs is 1. The number of nitrogens with zero attached hydrogens (tertiary/aromatic N) is 6. The van der Waals surface area contributed by atoms with Crippen LogP contribution in [0, 0.1) is 5.82 Å². The first-order chi connectivity index (χ1) is 13.2. The first kappa shape index (κ1) is 18.0. The zero-order valence-electron chi connectivity index (χ0n) is 13.6. The van der Waals surface area contributed by atoms with Crippen LogP contribution in [0.1, 0.15) is 5.69 Å². The molecule has 2 N–H and O–H groups in total. The molecule has 7 nitrogen and oxygen atoms in total. The van der Waals surface area contributed by atoms with Crippen LogP contribution in [0.4, 0.5) is 23.4 Å². The van der Waals surface area contributed by atoms with Gasteiger partial charge in [0.2, 0.25) is 5.65 Å². The molecule has 4 aromatic rings. The minimum Gasteiger partial charge on any atom is -0.380 e. The number of pyridine rings is 1. The van der Waals surface area contributed by atoms with E-state index in [9.17, 15) is 17.6 Å². The van der Waals surface area contributed by atoms with Crippen molar-refractivity contribution in [2.45, 2.75) is 6.18 Å². The highest BCUT2D eigenvalue weighted by Gasteiger charge is 2.34. The monoisotopic (exact) mass is 409 g/mol. The second-order valence-corrected chi connectivity index (χ2v) is 6.06. The lowest BCUT2D eigenvalue weighted by Gasteiger charge is -2.14. The van der Waals surface area contributed by atoms with Crippen LogP contribution in [0.15, 0.2) is 36.4 Å². The topological polar surface area (TPSA) is 94.9 Å². The van der Waals surface area contributed by atoms with Gasteiger partial charge in [-0.1, -0.05) is 11.6 Å². The highest BCUT2D eigenvalue weighted by atomic mass is 35.5. The van der Waals surface area contributed by atoms with Gasteiger partial charge < -0.3 is 5.73 Å². The Balaban J connectivity index is 2.07. The van der Waals surface area contributed by atoms with Gasteiger partial charge in [0.1, 0.15) is 22.4 Å². The van der Waals surface area contributed by atoms with E-state index in [2.05, 4.69) is 25.5 Å². The number of anilines is 1. The molecule has 0 unspecified atom stereocenters. The van der Waals surface area contributed by atoms with Crippen LogP contribution in [-0.4, -0.2) is 30.0 Å². The molecule has 3 aromatic heterocycles. The van der Waals surface area contributed by atoms with Crippen LogP contribution in [0.3, 0.4) is 0 Å². The van der Waals surface area contributed by atoms with E-state index in [1.165, 1.54) is 30.3 Å². The summed E-state index contributed by atoms with van der Waals surface area (Å²) in [6.45, 7) is 0. The highest BCUT2D eigenvalue weighted by molar-refractivity contribution is 6.29. The summed E-state index contributed by atoms with van der Waals surface area (Å²) in [6, 6.07) is 7.20. The fraction of sp³-hybridized carbons (Fsp3) is 0.0625. The molecule has 12 heteroatoms. The third-order valence-corrected chi connectivity index (χ3v) is 4.04. The van der Waals surface area contributed by atoms with Gasteiger partial charge in [0.25, 0.3) is 0 Å². The molecule has 28 heavy (non-hydrogen) atoms. The third kappa shape index (κ3) is 3.09. The van der Waals surface area contributed by atoms with E-state index in [1.54, 1.807) is 0 Å². The largest absolute Gasteiger partial charge is 0.433 e. The molecular formula is C16H8ClF4N7. The summed E-state index contributed by atoms with van der Waals surface area (Å²) in [4.78, 5) is 7.53. The number of halogens is 5. The Morgan fingerprint density at radius 3 is 2.39 bits per heavy atom. The Hall–Kier alpha value is -3.34. The van der Waals surface area contributed by atoms with Crippen LogP contribution in [0.2, 0.25) is 5.15 Å². The smallest absolute Gasteiger partial charge is 0.380 e. The quantitative estimate of drug-likeness (QED) is 0.401. The molecule has 0 saturated heterocycles. The zero-order valence-corrected chi connectivity index (χ0v) is 14.4. The molecule has 0 aliphatic rings. The van der Waals surface area contributed by atoms with Gasteiger partial charge in [-0.05, 0) is 46.8 Å². The number of benzene rings is 1. The van der Waals surface area contributed by atoms with E-state index >= 15 is 0 Å². The number of hydrogen-bond donors (Lipinski definition) is 1. The number of hydrogen-bond acceptors (Lipinski definition) is 6. The summed E-state index contributed by atoms with van der Waals surface area (Å²) in [5.74, 6) is -0.544. The van der Waals surface area contributed by atoms with Crippen molar-refractivity contribution in [2.24, 2.45) is 0 Å². The third-order valence-electron chi connectivity index (χ3n) is 3.84. The predicted octanol–water partition coefficient (Wildman–Crippen LogP) is 3.64. The summed E-state index contributed by atoms with van der Waals surface area (Å²) < 4.78 is 54.1. The van der Waals surface area contributed by atoms with Crippen LogP contribution >= 0.6 is 11.6 Å². The minimum absolute atomic E-state index is 0.0106. The van der Waals surface area contributed by atoms with Crippen molar-refractivity contribution in [3.63, 3.8) is 0 Å². The molecule has 1 aromatic carbocycles. The second-order valence-electron chi connectivity index (χ2n) is 5.68. The van der Waals surface area contributed by atoms with Gasteiger partial charge >= 0.3 is 6.18 Å². The van der Waals surface area contributed by atoms with Gasteiger partial charge in [-0.15, -0.1) is 5.10 Å². The Bertz CT molecular complexity index is 1190. The number of nitrogens with two attached hydrogens (primary N) is 1. The summed E-state index contributed by atoms with van der Waals surface area (Å²) in [5.41, 5.74) is 5.37. The summed E-state index contributed by atoms with van der Waals surface area (Å²) in [5, 5.41) is 10.6. The van der Waals surface area contributed by atoms with E-state index in [1.807, 2.05) is 0 Å². The number of rotatable bonds is 2. The van der Waals surface area contributed by atoms with E-state index in [-0.39, 0.29) is 33.6 Å². The van der Waals surface area contributed by atoms with Crippen molar-refractivity contribution in [2.75, 3.05) is 5.73 Å². The molecule has 0 atom stereocenters. The SMILES string of the molecule is Nc1nc(-c2ccc(F)cc2)c(-c2cc(Cl)nc(C(F)(F)F)c2)n2nnnc12. The molecule has 0 spiro atoms. The van der Waals surface area contributed by atoms with Crippen LogP contribution in [0.25, 0.3) is 28.2 Å². The average molecular weight is 410 g/mol. The number of aromatic nitrogens is 6. The normalized spacial score (nSPS) is 11.9. The standard InChI is InChI=1S/C16H8ClF4N7/c17-11-6-8(5-10(23-11)16(19,20)21)13-12(7-1-3-9(18)4-2-7)24-14(22)15-25-26-27-28(13)15/h1-6H,(H2,22,24). The van der Waals surface area contributed by atoms with Crippen molar-refractivity contribution in [1.29, 1.82) is 0 Å². The Labute approximate surface area is 158 Å². The van der Waals surface area contributed by atoms with Crippen LogP contribution < -0.4 is 5.73 Å². The molecule has 0 aliphatic heterocycles. The number of tetrazole rings is 1.